The lowest BCUT2D eigenvalue weighted by Gasteiger charge is -2.30. The molecule has 0 spiro atoms. The van der Waals surface area contributed by atoms with Crippen LogP contribution in [-0.2, 0) is 21.7 Å². The number of carbonyl (C=O) groups excluding carboxylic acids is 1. The lowest BCUT2D eigenvalue weighted by atomic mass is 9.87. The lowest BCUT2D eigenvalue weighted by Crippen LogP contribution is -2.43. The van der Waals surface area contributed by atoms with Gasteiger partial charge in [-0.15, -0.1) is 0 Å². The number of ether oxygens (including phenoxy) is 1. The number of aliphatic hydroxyl groups is 1. The second-order valence-electron chi connectivity index (χ2n) is 3.63. The molecule has 2 N–H and O–H groups in total. The first-order valence-electron chi connectivity index (χ1n) is 4.81. The smallest absolute Gasteiger partial charge is 0.343 e. The zero-order valence-electron chi connectivity index (χ0n) is 8.54. The summed E-state index contributed by atoms with van der Waals surface area (Å²) in [5.74, 6) is -0.746. The number of hydrogen-bond acceptors (Lipinski definition) is 4. The van der Waals surface area contributed by atoms with Crippen LogP contribution in [-0.4, -0.2) is 16.1 Å². The summed E-state index contributed by atoms with van der Waals surface area (Å²) < 4.78 is 4.78. The van der Waals surface area contributed by atoms with Crippen molar-refractivity contribution in [1.82, 2.24) is 4.98 Å². The Morgan fingerprint density at radius 3 is 2.94 bits per heavy atom. The van der Waals surface area contributed by atoms with E-state index in [9.17, 15) is 14.7 Å². The van der Waals surface area contributed by atoms with Crippen LogP contribution in [0.25, 0.3) is 0 Å². The number of carbonyl (C=O) groups is 1. The number of aromatic amines is 1. The third-order valence-electron chi connectivity index (χ3n) is 2.75. The number of nitrogens with one attached hydrogen (secondary N) is 1. The highest BCUT2D eigenvalue weighted by atomic mass is 35.5. The molecule has 0 unspecified atom stereocenters. The summed E-state index contributed by atoms with van der Waals surface area (Å²) in [6, 6.07) is 1.39. The van der Waals surface area contributed by atoms with Crippen molar-refractivity contribution in [2.24, 2.45) is 0 Å². The Labute approximate surface area is 96.0 Å². The molecule has 0 amide bonds. The molecule has 0 aliphatic carbocycles. The Hall–Kier alpha value is -1.33. The van der Waals surface area contributed by atoms with Crippen molar-refractivity contribution >= 4 is 17.6 Å². The minimum atomic E-state index is -1.77. The van der Waals surface area contributed by atoms with E-state index in [1.54, 1.807) is 6.92 Å². The molecule has 6 heteroatoms. The normalized spacial score (nSPS) is 23.8. The molecule has 1 atom stereocenters. The number of cyclic esters (lactones) is 1. The molecule has 0 radical (unpaired) electrons. The van der Waals surface area contributed by atoms with Crippen molar-refractivity contribution in [2.75, 3.05) is 0 Å². The summed E-state index contributed by atoms with van der Waals surface area (Å²) in [7, 11) is 0. The van der Waals surface area contributed by atoms with Gasteiger partial charge in [-0.25, -0.2) is 4.79 Å². The minimum absolute atomic E-state index is 0.0883. The number of esters is 1. The monoisotopic (exact) mass is 243 g/mol. The molecule has 16 heavy (non-hydrogen) atoms. The predicted octanol–water partition coefficient (Wildman–Crippen LogP) is 0.683. The Kier molecular flexibility index (Phi) is 2.52. The van der Waals surface area contributed by atoms with E-state index in [2.05, 4.69) is 4.98 Å². The molecular formula is C10H10ClNO4. The first-order valence-corrected chi connectivity index (χ1v) is 5.18. The standard InChI is InChI=1S/C10H10ClNO4/c1-2-10(15)6-3-7(11)12-8(13)5(6)4-16-9(10)14/h3,15H,2,4H2,1H3,(H,12,13)/t10-/m0/s1. The second-order valence-corrected chi connectivity index (χ2v) is 4.04. The third kappa shape index (κ3) is 1.44. The highest BCUT2D eigenvalue weighted by molar-refractivity contribution is 6.29. The zero-order chi connectivity index (χ0) is 11.9. The quantitative estimate of drug-likeness (QED) is 0.562. The summed E-state index contributed by atoms with van der Waals surface area (Å²) in [5.41, 5.74) is -1.74. The average Bonchev–Trinajstić information content (AvgIpc) is 2.24. The molecule has 1 aliphatic heterocycles. The zero-order valence-corrected chi connectivity index (χ0v) is 9.30. The van der Waals surface area contributed by atoms with E-state index in [1.807, 2.05) is 0 Å². The Morgan fingerprint density at radius 2 is 2.31 bits per heavy atom. The van der Waals surface area contributed by atoms with Gasteiger partial charge in [0, 0.05) is 5.56 Å². The molecule has 0 fully saturated rings. The van der Waals surface area contributed by atoms with Crippen molar-refractivity contribution in [1.29, 1.82) is 0 Å². The Morgan fingerprint density at radius 1 is 1.62 bits per heavy atom. The van der Waals surface area contributed by atoms with Gasteiger partial charge in [0.25, 0.3) is 5.56 Å². The number of fused-ring (bicyclic) bond motifs is 1. The molecule has 2 heterocycles. The maximum Gasteiger partial charge on any atom is 0.343 e. The fourth-order valence-electron chi connectivity index (χ4n) is 1.77. The SMILES string of the molecule is CC[C@@]1(O)C(=O)OCc2c1cc(Cl)[nH]c2=O. The van der Waals surface area contributed by atoms with Gasteiger partial charge in [0.2, 0.25) is 0 Å². The number of pyridine rings is 1. The van der Waals surface area contributed by atoms with E-state index in [0.29, 0.717) is 0 Å². The van der Waals surface area contributed by atoms with Gasteiger partial charge in [-0.3, -0.25) is 4.79 Å². The maximum absolute atomic E-state index is 11.6. The van der Waals surface area contributed by atoms with E-state index < -0.39 is 17.1 Å². The van der Waals surface area contributed by atoms with E-state index in [4.69, 9.17) is 16.3 Å². The summed E-state index contributed by atoms with van der Waals surface area (Å²) in [4.78, 5) is 25.4. The molecule has 1 aromatic rings. The van der Waals surface area contributed by atoms with Crippen LogP contribution >= 0.6 is 11.6 Å². The fraction of sp³-hybridized carbons (Fsp3) is 0.400. The van der Waals surface area contributed by atoms with Gasteiger partial charge in [-0.1, -0.05) is 18.5 Å². The Bertz CT molecular complexity index is 510. The van der Waals surface area contributed by atoms with Crippen molar-refractivity contribution < 1.29 is 14.6 Å². The average molecular weight is 244 g/mol. The van der Waals surface area contributed by atoms with Gasteiger partial charge >= 0.3 is 5.97 Å². The van der Waals surface area contributed by atoms with E-state index >= 15 is 0 Å². The summed E-state index contributed by atoms with van der Waals surface area (Å²) >= 11 is 5.70. The second kappa shape index (κ2) is 3.61. The van der Waals surface area contributed by atoms with Crippen molar-refractivity contribution in [2.45, 2.75) is 25.6 Å². The van der Waals surface area contributed by atoms with Gasteiger partial charge < -0.3 is 14.8 Å². The van der Waals surface area contributed by atoms with Gasteiger partial charge in [-0.2, -0.15) is 0 Å². The molecule has 0 aromatic carbocycles. The van der Waals surface area contributed by atoms with Crippen molar-refractivity contribution in [3.05, 3.63) is 32.7 Å². The van der Waals surface area contributed by atoms with Crippen molar-refractivity contribution in [3.63, 3.8) is 0 Å². The molecule has 0 saturated carbocycles. The molecule has 0 bridgehead atoms. The van der Waals surface area contributed by atoms with Crippen LogP contribution in [0.1, 0.15) is 24.5 Å². The van der Waals surface area contributed by atoms with E-state index in [1.165, 1.54) is 6.07 Å². The van der Waals surface area contributed by atoms with E-state index in [-0.39, 0.29) is 29.3 Å². The van der Waals surface area contributed by atoms with E-state index in [0.717, 1.165) is 0 Å². The first-order chi connectivity index (χ1) is 7.49. The number of H-pyrrole nitrogens is 1. The van der Waals surface area contributed by atoms with Crippen LogP contribution < -0.4 is 5.56 Å². The fourth-order valence-corrected chi connectivity index (χ4v) is 1.97. The molecule has 86 valence electrons. The topological polar surface area (TPSA) is 79.4 Å². The number of hydrogen-bond donors (Lipinski definition) is 2. The van der Waals surface area contributed by atoms with Crippen LogP contribution in [0.5, 0.6) is 0 Å². The van der Waals surface area contributed by atoms with Crippen LogP contribution in [0, 0.1) is 0 Å². The van der Waals surface area contributed by atoms with Crippen LogP contribution in [0.3, 0.4) is 0 Å². The molecule has 1 aliphatic rings. The van der Waals surface area contributed by atoms with Gasteiger partial charge in [-0.05, 0) is 12.5 Å². The number of rotatable bonds is 1. The number of aromatic nitrogens is 1. The maximum atomic E-state index is 11.6. The molecule has 5 nitrogen and oxygen atoms in total. The molecular weight excluding hydrogens is 234 g/mol. The summed E-state index contributed by atoms with van der Waals surface area (Å²) in [5, 5.41) is 10.3. The molecule has 2 rings (SSSR count). The third-order valence-corrected chi connectivity index (χ3v) is 2.95. The predicted molar refractivity (Wildman–Crippen MR) is 56.1 cm³/mol. The van der Waals surface area contributed by atoms with Gasteiger partial charge in [0.15, 0.2) is 5.60 Å². The lowest BCUT2D eigenvalue weighted by molar-refractivity contribution is -0.172. The molecule has 0 saturated heterocycles. The van der Waals surface area contributed by atoms with Crippen LogP contribution in [0.2, 0.25) is 5.15 Å². The Balaban J connectivity index is 2.73. The number of halogens is 1. The minimum Gasteiger partial charge on any atom is -0.458 e. The van der Waals surface area contributed by atoms with Crippen LogP contribution in [0.15, 0.2) is 10.9 Å². The molecule has 1 aromatic heterocycles. The highest BCUT2D eigenvalue weighted by Gasteiger charge is 2.44. The van der Waals surface area contributed by atoms with Crippen molar-refractivity contribution in [3.8, 4) is 0 Å². The first kappa shape index (κ1) is 11.2. The van der Waals surface area contributed by atoms with Gasteiger partial charge in [0.1, 0.15) is 11.8 Å². The van der Waals surface area contributed by atoms with Gasteiger partial charge in [0.05, 0.1) is 5.56 Å². The summed E-state index contributed by atoms with van der Waals surface area (Å²) in [6.45, 7) is 1.49. The largest absolute Gasteiger partial charge is 0.458 e. The van der Waals surface area contributed by atoms with Crippen LogP contribution in [0.4, 0.5) is 0 Å². The summed E-state index contributed by atoms with van der Waals surface area (Å²) in [6.07, 6.45) is 0.124. The highest BCUT2D eigenvalue weighted by Crippen LogP contribution is 2.33.